The Kier molecular flexibility index (Phi) is 3.73. The van der Waals surface area contributed by atoms with Crippen molar-refractivity contribution in [3.05, 3.63) is 42.0 Å². The Morgan fingerprint density at radius 3 is 2.45 bits per heavy atom. The number of halogens is 4. The van der Waals surface area contributed by atoms with Gasteiger partial charge in [0.25, 0.3) is 0 Å². The molecule has 2 aromatic rings. The number of hydrogen-bond acceptors (Lipinski definition) is 4. The zero-order chi connectivity index (χ0) is 14.8. The topological polar surface area (TPSA) is 49.8 Å². The van der Waals surface area contributed by atoms with Crippen LogP contribution in [0.1, 0.15) is 5.56 Å². The number of hydrogen-bond donors (Lipinski definition) is 2. The van der Waals surface area contributed by atoms with E-state index in [2.05, 4.69) is 20.6 Å². The van der Waals surface area contributed by atoms with Gasteiger partial charge in [0.15, 0.2) is 5.82 Å². The lowest BCUT2D eigenvalue weighted by molar-refractivity contribution is -0.139. The summed E-state index contributed by atoms with van der Waals surface area (Å²) in [6.07, 6.45) is -3.54. The van der Waals surface area contributed by atoms with Gasteiger partial charge in [-0.15, -0.1) is 0 Å². The van der Waals surface area contributed by atoms with Crippen LogP contribution in [0.15, 0.2) is 30.6 Å². The van der Waals surface area contributed by atoms with Gasteiger partial charge in [0.2, 0.25) is 0 Å². The Morgan fingerprint density at radius 1 is 1.10 bits per heavy atom. The molecular weight excluding hydrogens is 276 g/mol. The molecule has 2 rings (SSSR count). The molecule has 0 saturated heterocycles. The number of nitrogens with one attached hydrogen (secondary N) is 2. The quantitative estimate of drug-likeness (QED) is 0.849. The molecule has 8 heteroatoms. The Hall–Kier alpha value is -2.38. The lowest BCUT2D eigenvalue weighted by Gasteiger charge is -2.12. The third kappa shape index (κ3) is 2.95. The summed E-state index contributed by atoms with van der Waals surface area (Å²) in [6.45, 7) is 0. The van der Waals surface area contributed by atoms with Crippen molar-refractivity contribution in [3.8, 4) is 0 Å². The molecule has 2 N–H and O–H groups in total. The molecule has 0 bridgehead atoms. The van der Waals surface area contributed by atoms with Crippen LogP contribution in [0.2, 0.25) is 0 Å². The van der Waals surface area contributed by atoms with E-state index in [0.29, 0.717) is 11.9 Å². The number of rotatable bonds is 3. The van der Waals surface area contributed by atoms with Crippen molar-refractivity contribution in [1.82, 2.24) is 9.97 Å². The van der Waals surface area contributed by atoms with Crippen LogP contribution >= 0.6 is 0 Å². The van der Waals surface area contributed by atoms with Crippen molar-refractivity contribution in [2.24, 2.45) is 0 Å². The van der Waals surface area contributed by atoms with E-state index in [-0.39, 0.29) is 11.5 Å². The lowest BCUT2D eigenvalue weighted by Crippen LogP contribution is -2.10. The highest BCUT2D eigenvalue weighted by Gasteiger charge is 2.34. The average Bonchev–Trinajstić information content (AvgIpc) is 2.40. The minimum atomic E-state index is -4.75. The maximum absolute atomic E-state index is 13.8. The first-order valence-corrected chi connectivity index (χ1v) is 5.54. The van der Waals surface area contributed by atoms with Gasteiger partial charge in [0, 0.05) is 13.1 Å². The normalized spacial score (nSPS) is 11.2. The molecule has 0 amide bonds. The Balaban J connectivity index is 2.34. The van der Waals surface area contributed by atoms with Crippen molar-refractivity contribution in [2.75, 3.05) is 17.7 Å². The molecule has 0 aliphatic heterocycles. The smallest absolute Gasteiger partial charge is 0.373 e. The van der Waals surface area contributed by atoms with Gasteiger partial charge in [-0.25, -0.2) is 14.4 Å². The number of aromatic nitrogens is 2. The maximum atomic E-state index is 13.8. The summed E-state index contributed by atoms with van der Waals surface area (Å²) in [6, 6.07) is 4.44. The molecule has 0 unspecified atom stereocenters. The Labute approximate surface area is 111 Å². The van der Waals surface area contributed by atoms with E-state index in [1.165, 1.54) is 18.5 Å². The van der Waals surface area contributed by atoms with E-state index in [1.54, 1.807) is 7.05 Å². The van der Waals surface area contributed by atoms with Crippen molar-refractivity contribution in [2.45, 2.75) is 6.18 Å². The second-order valence-corrected chi connectivity index (χ2v) is 3.83. The van der Waals surface area contributed by atoms with Gasteiger partial charge in [0.05, 0.1) is 11.3 Å². The monoisotopic (exact) mass is 286 g/mol. The van der Waals surface area contributed by atoms with E-state index in [9.17, 15) is 17.6 Å². The van der Waals surface area contributed by atoms with Crippen LogP contribution in [0.3, 0.4) is 0 Å². The van der Waals surface area contributed by atoms with Crippen molar-refractivity contribution in [3.63, 3.8) is 0 Å². The van der Waals surface area contributed by atoms with Crippen LogP contribution in [0.25, 0.3) is 0 Å². The number of anilines is 3. The van der Waals surface area contributed by atoms with E-state index >= 15 is 0 Å². The van der Waals surface area contributed by atoms with Gasteiger partial charge in [0.1, 0.15) is 18.0 Å². The highest BCUT2D eigenvalue weighted by Crippen LogP contribution is 2.34. The molecule has 0 radical (unpaired) electrons. The Morgan fingerprint density at radius 2 is 1.80 bits per heavy atom. The average molecular weight is 286 g/mol. The van der Waals surface area contributed by atoms with Gasteiger partial charge in [-0.05, 0) is 12.1 Å². The Bertz CT molecular complexity index is 613. The van der Waals surface area contributed by atoms with Gasteiger partial charge in [-0.2, -0.15) is 13.2 Å². The second kappa shape index (κ2) is 5.32. The third-order valence-electron chi connectivity index (χ3n) is 2.49. The highest BCUT2D eigenvalue weighted by molar-refractivity contribution is 5.60. The minimum Gasteiger partial charge on any atom is -0.373 e. The number of nitrogens with zero attached hydrogens (tertiary/aromatic N) is 2. The number of alkyl halides is 3. The lowest BCUT2D eigenvalue weighted by atomic mass is 10.1. The summed E-state index contributed by atoms with van der Waals surface area (Å²) < 4.78 is 51.5. The van der Waals surface area contributed by atoms with Crippen LogP contribution in [0.4, 0.5) is 34.9 Å². The fourth-order valence-corrected chi connectivity index (χ4v) is 1.55. The molecule has 0 fully saturated rings. The van der Waals surface area contributed by atoms with Crippen molar-refractivity contribution in [1.29, 1.82) is 0 Å². The predicted molar refractivity (Wildman–Crippen MR) is 66.3 cm³/mol. The highest BCUT2D eigenvalue weighted by atomic mass is 19.4. The molecule has 0 aliphatic rings. The largest absolute Gasteiger partial charge is 0.419 e. The molecule has 0 aliphatic carbocycles. The summed E-state index contributed by atoms with van der Waals surface area (Å²) in [4.78, 5) is 7.65. The van der Waals surface area contributed by atoms with Gasteiger partial charge < -0.3 is 10.6 Å². The second-order valence-electron chi connectivity index (χ2n) is 3.83. The summed E-state index contributed by atoms with van der Waals surface area (Å²) in [7, 11) is 1.62. The molecular formula is C12H10F4N4. The zero-order valence-corrected chi connectivity index (χ0v) is 10.3. The maximum Gasteiger partial charge on any atom is 0.419 e. The first-order valence-electron chi connectivity index (χ1n) is 5.54. The van der Waals surface area contributed by atoms with Crippen LogP contribution in [-0.2, 0) is 6.18 Å². The SMILES string of the molecule is CNc1cc(Nc2cccc(C(F)(F)F)c2F)ncn1. The standard InChI is InChI=1S/C12H10F4N4/c1-17-9-5-10(19-6-18-9)20-8-4-2-3-7(11(8)13)12(14,15)16/h2-6H,1H3,(H2,17,18,19,20). The summed E-state index contributed by atoms with van der Waals surface area (Å²) in [5, 5.41) is 5.23. The molecule has 20 heavy (non-hydrogen) atoms. The fourth-order valence-electron chi connectivity index (χ4n) is 1.55. The molecule has 0 spiro atoms. The summed E-state index contributed by atoms with van der Waals surface area (Å²) >= 11 is 0. The van der Waals surface area contributed by atoms with Gasteiger partial charge >= 0.3 is 6.18 Å². The summed E-state index contributed by atoms with van der Waals surface area (Å²) in [5.74, 6) is -0.734. The molecule has 1 aromatic carbocycles. The van der Waals surface area contributed by atoms with Crippen molar-refractivity contribution < 1.29 is 17.6 Å². The first kappa shape index (κ1) is 14.0. The molecule has 106 valence electrons. The van der Waals surface area contributed by atoms with Gasteiger partial charge in [-0.1, -0.05) is 6.07 Å². The van der Waals surface area contributed by atoms with Crippen LogP contribution in [0.5, 0.6) is 0 Å². The summed E-state index contributed by atoms with van der Waals surface area (Å²) in [5.41, 5.74) is -1.63. The molecule has 4 nitrogen and oxygen atoms in total. The minimum absolute atomic E-state index is 0.183. The predicted octanol–water partition coefficient (Wildman–Crippen LogP) is 3.42. The van der Waals surface area contributed by atoms with Crippen LogP contribution in [-0.4, -0.2) is 17.0 Å². The van der Waals surface area contributed by atoms with E-state index in [0.717, 1.165) is 6.07 Å². The van der Waals surface area contributed by atoms with E-state index in [1.807, 2.05) is 0 Å². The molecule has 1 aromatic heterocycles. The number of benzene rings is 1. The van der Waals surface area contributed by atoms with Crippen LogP contribution < -0.4 is 10.6 Å². The molecule has 1 heterocycles. The van der Waals surface area contributed by atoms with E-state index < -0.39 is 17.6 Å². The molecule has 0 saturated carbocycles. The zero-order valence-electron chi connectivity index (χ0n) is 10.3. The third-order valence-corrected chi connectivity index (χ3v) is 2.49. The van der Waals surface area contributed by atoms with Crippen LogP contribution in [0, 0.1) is 5.82 Å². The van der Waals surface area contributed by atoms with Crippen molar-refractivity contribution >= 4 is 17.3 Å². The first-order chi connectivity index (χ1) is 9.41. The molecule has 0 atom stereocenters. The fraction of sp³-hybridized carbons (Fsp3) is 0.167. The van der Waals surface area contributed by atoms with Gasteiger partial charge in [-0.3, -0.25) is 0 Å². The van der Waals surface area contributed by atoms with E-state index in [4.69, 9.17) is 0 Å².